The highest BCUT2D eigenvalue weighted by Gasteiger charge is 2.09. The minimum absolute atomic E-state index is 0.786. The lowest BCUT2D eigenvalue weighted by Crippen LogP contribution is -2.21. The minimum atomic E-state index is -1.34. The molecule has 3 nitrogen and oxygen atoms in total. The van der Waals surface area contributed by atoms with Gasteiger partial charge in [-0.15, -0.1) is 0 Å². The summed E-state index contributed by atoms with van der Waals surface area (Å²) in [4.78, 5) is 0. The monoisotopic (exact) mass is 220 g/mol. The number of rotatable bonds is 10. The van der Waals surface area contributed by atoms with Gasteiger partial charge in [0.15, 0.2) is 0 Å². The molecular weight excluding hydrogens is 196 g/mol. The average Bonchev–Trinajstić information content (AvgIpc) is 2.22. The molecule has 0 amide bonds. The molecule has 0 aliphatic carbocycles. The maximum absolute atomic E-state index is 5.68. The van der Waals surface area contributed by atoms with Crippen LogP contribution in [0.2, 0.25) is 6.04 Å². The van der Waals surface area contributed by atoms with Crippen molar-refractivity contribution in [1.82, 2.24) is 0 Å². The fourth-order valence-electron chi connectivity index (χ4n) is 1.16. The fourth-order valence-corrected chi connectivity index (χ4v) is 2.87. The molecule has 14 heavy (non-hydrogen) atoms. The second kappa shape index (κ2) is 11.2. The van der Waals surface area contributed by atoms with Crippen molar-refractivity contribution in [2.75, 3.05) is 26.9 Å². The van der Waals surface area contributed by atoms with E-state index in [9.17, 15) is 0 Å². The van der Waals surface area contributed by atoms with E-state index in [4.69, 9.17) is 13.6 Å². The Labute approximate surface area is 89.6 Å². The second-order valence-electron chi connectivity index (χ2n) is 3.23. The Bertz CT molecular complexity index is 112. The van der Waals surface area contributed by atoms with Gasteiger partial charge in [0.1, 0.15) is 0 Å². The van der Waals surface area contributed by atoms with Crippen molar-refractivity contribution in [3.63, 3.8) is 0 Å². The number of hydrogen-bond donors (Lipinski definition) is 0. The quantitative estimate of drug-likeness (QED) is 0.417. The Morgan fingerprint density at radius 1 is 1.07 bits per heavy atom. The predicted molar refractivity (Wildman–Crippen MR) is 60.9 cm³/mol. The van der Waals surface area contributed by atoms with Crippen LogP contribution in [0.4, 0.5) is 0 Å². The molecule has 1 atom stereocenters. The first-order chi connectivity index (χ1) is 6.85. The highest BCUT2D eigenvalue weighted by molar-refractivity contribution is 6.44. The maximum atomic E-state index is 5.68. The summed E-state index contributed by atoms with van der Waals surface area (Å²) in [5, 5.41) is 0. The van der Waals surface area contributed by atoms with Crippen LogP contribution < -0.4 is 0 Å². The molecular formula is C10H24O3Si. The normalized spacial score (nSPS) is 13.1. The molecule has 0 rings (SSSR count). The molecule has 4 heteroatoms. The van der Waals surface area contributed by atoms with E-state index in [0.717, 1.165) is 32.3 Å². The van der Waals surface area contributed by atoms with Crippen molar-refractivity contribution < 1.29 is 13.6 Å². The molecule has 0 bridgehead atoms. The second-order valence-corrected chi connectivity index (χ2v) is 5.47. The summed E-state index contributed by atoms with van der Waals surface area (Å²) in [5.74, 6) is 0. The van der Waals surface area contributed by atoms with Gasteiger partial charge in [-0.3, -0.25) is 0 Å². The summed E-state index contributed by atoms with van der Waals surface area (Å²) in [6.07, 6.45) is 3.41. The summed E-state index contributed by atoms with van der Waals surface area (Å²) in [5.41, 5.74) is 0. The van der Waals surface area contributed by atoms with E-state index in [1.165, 1.54) is 12.8 Å². The molecule has 0 saturated heterocycles. The third-order valence-electron chi connectivity index (χ3n) is 2.00. The molecule has 0 saturated carbocycles. The molecule has 0 aromatic carbocycles. The van der Waals surface area contributed by atoms with Crippen LogP contribution in [0.5, 0.6) is 0 Å². The lowest BCUT2D eigenvalue weighted by atomic mass is 10.4. The van der Waals surface area contributed by atoms with E-state index in [1.807, 2.05) is 6.92 Å². The van der Waals surface area contributed by atoms with Crippen LogP contribution in [0.3, 0.4) is 0 Å². The Morgan fingerprint density at radius 2 is 1.86 bits per heavy atom. The smallest absolute Gasteiger partial charge is 0.321 e. The van der Waals surface area contributed by atoms with Crippen LogP contribution in [0.1, 0.15) is 33.1 Å². The van der Waals surface area contributed by atoms with E-state index in [1.54, 1.807) is 7.11 Å². The standard InChI is InChI=1S/C10H24O3Si/c1-4-6-10-14(11-3)13-9-7-8-12-5-2/h14H,4-10H2,1-3H3. The molecule has 0 N–H and O–H groups in total. The topological polar surface area (TPSA) is 27.7 Å². The Hall–Kier alpha value is 0.0969. The van der Waals surface area contributed by atoms with Crippen LogP contribution in [0.15, 0.2) is 0 Å². The average molecular weight is 220 g/mol. The van der Waals surface area contributed by atoms with Gasteiger partial charge in [0.05, 0.1) is 0 Å². The minimum Gasteiger partial charge on any atom is -0.400 e. The maximum Gasteiger partial charge on any atom is 0.321 e. The van der Waals surface area contributed by atoms with Crippen molar-refractivity contribution in [2.45, 2.75) is 39.2 Å². The SMILES string of the molecule is CCCC[SiH](OC)OCCCOCC. The van der Waals surface area contributed by atoms with Crippen LogP contribution in [-0.2, 0) is 13.6 Å². The van der Waals surface area contributed by atoms with E-state index < -0.39 is 9.28 Å². The third kappa shape index (κ3) is 8.68. The van der Waals surface area contributed by atoms with Gasteiger partial charge in [-0.2, -0.15) is 0 Å². The Kier molecular flexibility index (Phi) is 11.3. The molecule has 0 spiro atoms. The first-order valence-electron chi connectivity index (χ1n) is 5.57. The summed E-state index contributed by atoms with van der Waals surface area (Å²) in [6.45, 7) is 6.58. The first-order valence-corrected chi connectivity index (χ1v) is 7.33. The molecule has 0 fully saturated rings. The van der Waals surface area contributed by atoms with Gasteiger partial charge in [0.2, 0.25) is 0 Å². The number of hydrogen-bond acceptors (Lipinski definition) is 3. The summed E-state index contributed by atoms with van der Waals surface area (Å²) >= 11 is 0. The lowest BCUT2D eigenvalue weighted by molar-refractivity contribution is 0.124. The predicted octanol–water partition coefficient (Wildman–Crippen LogP) is 2.10. The van der Waals surface area contributed by atoms with Gasteiger partial charge in [-0.05, 0) is 19.4 Å². The highest BCUT2D eigenvalue weighted by Crippen LogP contribution is 2.03. The van der Waals surface area contributed by atoms with E-state index in [0.29, 0.717) is 0 Å². The molecule has 0 aromatic heterocycles. The highest BCUT2D eigenvalue weighted by atomic mass is 28.3. The van der Waals surface area contributed by atoms with Crippen LogP contribution in [0.25, 0.3) is 0 Å². The summed E-state index contributed by atoms with van der Waals surface area (Å²) in [7, 11) is 0.421. The van der Waals surface area contributed by atoms with Gasteiger partial charge >= 0.3 is 9.28 Å². The molecule has 1 unspecified atom stereocenters. The van der Waals surface area contributed by atoms with Crippen molar-refractivity contribution in [2.24, 2.45) is 0 Å². The van der Waals surface area contributed by atoms with Crippen molar-refractivity contribution in [3.8, 4) is 0 Å². The van der Waals surface area contributed by atoms with Gasteiger partial charge in [-0.1, -0.05) is 19.8 Å². The Balaban J connectivity index is 3.24. The molecule has 0 aliphatic rings. The van der Waals surface area contributed by atoms with E-state index >= 15 is 0 Å². The largest absolute Gasteiger partial charge is 0.400 e. The van der Waals surface area contributed by atoms with Gasteiger partial charge in [0, 0.05) is 26.9 Å². The summed E-state index contributed by atoms with van der Waals surface area (Å²) in [6, 6.07) is 1.13. The van der Waals surface area contributed by atoms with E-state index in [2.05, 4.69) is 6.92 Å². The molecule has 86 valence electrons. The van der Waals surface area contributed by atoms with Crippen LogP contribution in [-0.4, -0.2) is 36.2 Å². The zero-order valence-corrected chi connectivity index (χ0v) is 10.9. The van der Waals surface area contributed by atoms with Crippen LogP contribution in [0, 0.1) is 0 Å². The first kappa shape index (κ1) is 14.1. The van der Waals surface area contributed by atoms with Gasteiger partial charge in [0.25, 0.3) is 0 Å². The number of ether oxygens (including phenoxy) is 1. The zero-order valence-electron chi connectivity index (χ0n) is 9.75. The Morgan fingerprint density at radius 3 is 2.43 bits per heavy atom. The third-order valence-corrected chi connectivity index (χ3v) is 4.01. The molecule has 0 aromatic rings. The van der Waals surface area contributed by atoms with Crippen molar-refractivity contribution >= 4 is 9.28 Å². The molecule has 0 radical (unpaired) electrons. The van der Waals surface area contributed by atoms with Crippen molar-refractivity contribution in [3.05, 3.63) is 0 Å². The van der Waals surface area contributed by atoms with Crippen molar-refractivity contribution in [1.29, 1.82) is 0 Å². The molecule has 0 aliphatic heterocycles. The zero-order chi connectivity index (χ0) is 10.6. The molecule has 0 heterocycles. The van der Waals surface area contributed by atoms with Gasteiger partial charge < -0.3 is 13.6 Å². The van der Waals surface area contributed by atoms with Crippen LogP contribution >= 0.6 is 0 Å². The number of unbranched alkanes of at least 4 members (excludes halogenated alkanes) is 1. The fraction of sp³-hybridized carbons (Fsp3) is 1.00. The van der Waals surface area contributed by atoms with E-state index in [-0.39, 0.29) is 0 Å². The van der Waals surface area contributed by atoms with Gasteiger partial charge in [-0.25, -0.2) is 0 Å². The summed E-state index contributed by atoms with van der Waals surface area (Å²) < 4.78 is 16.2. The lowest BCUT2D eigenvalue weighted by Gasteiger charge is -2.13.